The van der Waals surface area contributed by atoms with Gasteiger partial charge in [0, 0.05) is 44.8 Å². The van der Waals surface area contributed by atoms with Crippen molar-refractivity contribution in [2.75, 3.05) is 20.3 Å². The lowest BCUT2D eigenvalue weighted by atomic mass is 10.1. The van der Waals surface area contributed by atoms with E-state index in [1.165, 1.54) is 30.1 Å². The zero-order valence-electron chi connectivity index (χ0n) is 11.4. The lowest BCUT2D eigenvalue weighted by Gasteiger charge is -2.19. The maximum absolute atomic E-state index is 5.27. The molecule has 2 aliphatic rings. The lowest BCUT2D eigenvalue weighted by Crippen LogP contribution is -2.26. The zero-order chi connectivity index (χ0) is 12.5. The van der Waals surface area contributed by atoms with E-state index in [1.807, 2.05) is 0 Å². The van der Waals surface area contributed by atoms with Crippen molar-refractivity contribution in [3.05, 3.63) is 17.2 Å². The van der Waals surface area contributed by atoms with E-state index in [1.54, 1.807) is 7.11 Å². The summed E-state index contributed by atoms with van der Waals surface area (Å²) in [5.41, 5.74) is 2.76. The van der Waals surface area contributed by atoms with Crippen molar-refractivity contribution in [3.8, 4) is 0 Å². The zero-order valence-corrected chi connectivity index (χ0v) is 11.4. The van der Waals surface area contributed by atoms with Gasteiger partial charge in [-0.2, -0.15) is 0 Å². The maximum Gasteiger partial charge on any atom is 0.112 e. The molecule has 0 radical (unpaired) electrons. The Morgan fingerprint density at radius 3 is 3.06 bits per heavy atom. The summed E-state index contributed by atoms with van der Waals surface area (Å²) in [5.74, 6) is 2.62. The number of hydrogen-bond donors (Lipinski definition) is 1. The van der Waals surface area contributed by atoms with E-state index in [-0.39, 0.29) is 0 Å². The molecular weight excluding hydrogens is 226 g/mol. The molecule has 4 heteroatoms. The molecule has 2 heterocycles. The molecule has 100 valence electrons. The van der Waals surface area contributed by atoms with Gasteiger partial charge in [0.2, 0.25) is 0 Å². The molecule has 1 saturated carbocycles. The molecule has 1 aromatic heterocycles. The third-order valence-corrected chi connectivity index (χ3v) is 3.90. The van der Waals surface area contributed by atoms with E-state index in [4.69, 9.17) is 9.72 Å². The van der Waals surface area contributed by atoms with E-state index >= 15 is 0 Å². The smallest absolute Gasteiger partial charge is 0.112 e. The van der Waals surface area contributed by atoms with Crippen molar-refractivity contribution >= 4 is 0 Å². The molecule has 3 rings (SSSR count). The Labute approximate surface area is 109 Å². The van der Waals surface area contributed by atoms with E-state index in [0.717, 1.165) is 38.6 Å². The van der Waals surface area contributed by atoms with Crippen molar-refractivity contribution in [2.24, 2.45) is 5.92 Å². The summed E-state index contributed by atoms with van der Waals surface area (Å²) >= 11 is 0. The average Bonchev–Trinajstić information content (AvgIpc) is 3.14. The number of ether oxygens (including phenoxy) is 1. The van der Waals surface area contributed by atoms with Gasteiger partial charge in [0.05, 0.1) is 12.3 Å². The Morgan fingerprint density at radius 1 is 1.50 bits per heavy atom. The van der Waals surface area contributed by atoms with Crippen molar-refractivity contribution in [2.45, 2.75) is 45.2 Å². The van der Waals surface area contributed by atoms with Crippen LogP contribution in [0.3, 0.4) is 0 Å². The van der Waals surface area contributed by atoms with Gasteiger partial charge in [-0.15, -0.1) is 0 Å². The van der Waals surface area contributed by atoms with Crippen LogP contribution in [0.5, 0.6) is 0 Å². The SMILES string of the molecule is COCC(C)Cn1c(C2CC2)nc2c1CCNC2. The molecular formula is C14H23N3O. The molecule has 0 bridgehead atoms. The summed E-state index contributed by atoms with van der Waals surface area (Å²) in [7, 11) is 1.78. The average molecular weight is 249 g/mol. The number of fused-ring (bicyclic) bond motifs is 1. The van der Waals surface area contributed by atoms with Gasteiger partial charge in [-0.25, -0.2) is 4.98 Å². The molecule has 0 aromatic carbocycles. The fourth-order valence-electron chi connectivity index (χ4n) is 2.90. The maximum atomic E-state index is 5.27. The first-order chi connectivity index (χ1) is 8.79. The second-order valence-corrected chi connectivity index (χ2v) is 5.74. The number of nitrogens with one attached hydrogen (secondary N) is 1. The quantitative estimate of drug-likeness (QED) is 0.863. The van der Waals surface area contributed by atoms with E-state index in [9.17, 15) is 0 Å². The second-order valence-electron chi connectivity index (χ2n) is 5.74. The normalized spacial score (nSPS) is 20.8. The highest BCUT2D eigenvalue weighted by atomic mass is 16.5. The summed E-state index contributed by atoms with van der Waals surface area (Å²) in [6.07, 6.45) is 3.76. The monoisotopic (exact) mass is 249 g/mol. The van der Waals surface area contributed by atoms with Crippen molar-refractivity contribution in [3.63, 3.8) is 0 Å². The fraction of sp³-hybridized carbons (Fsp3) is 0.786. The van der Waals surface area contributed by atoms with E-state index in [0.29, 0.717) is 5.92 Å². The van der Waals surface area contributed by atoms with Crippen molar-refractivity contribution < 1.29 is 4.74 Å². The molecule has 18 heavy (non-hydrogen) atoms. The Kier molecular flexibility index (Phi) is 3.39. The number of aromatic nitrogens is 2. The predicted molar refractivity (Wildman–Crippen MR) is 70.7 cm³/mol. The fourth-order valence-corrected chi connectivity index (χ4v) is 2.90. The van der Waals surface area contributed by atoms with Gasteiger partial charge in [-0.3, -0.25) is 0 Å². The number of imidazole rings is 1. The van der Waals surface area contributed by atoms with Crippen LogP contribution in [0.25, 0.3) is 0 Å². The number of methoxy groups -OCH3 is 1. The van der Waals surface area contributed by atoms with Gasteiger partial charge in [0.15, 0.2) is 0 Å². The summed E-state index contributed by atoms with van der Waals surface area (Å²) < 4.78 is 7.76. The van der Waals surface area contributed by atoms with Crippen LogP contribution in [-0.2, 0) is 24.2 Å². The molecule has 1 aliphatic carbocycles. The Bertz CT molecular complexity index is 423. The van der Waals surface area contributed by atoms with Gasteiger partial charge < -0.3 is 14.6 Å². The minimum absolute atomic E-state index is 0.556. The Hall–Kier alpha value is -0.870. The molecule has 0 amide bonds. The van der Waals surface area contributed by atoms with Crippen LogP contribution in [0, 0.1) is 5.92 Å². The highest BCUT2D eigenvalue weighted by Gasteiger charge is 2.32. The second kappa shape index (κ2) is 5.02. The van der Waals surface area contributed by atoms with Crippen molar-refractivity contribution in [1.82, 2.24) is 14.9 Å². The van der Waals surface area contributed by atoms with Crippen LogP contribution >= 0.6 is 0 Å². The lowest BCUT2D eigenvalue weighted by molar-refractivity contribution is 0.150. The Morgan fingerprint density at radius 2 is 2.33 bits per heavy atom. The molecule has 1 atom stereocenters. The molecule has 1 aromatic rings. The van der Waals surface area contributed by atoms with Crippen molar-refractivity contribution in [1.29, 1.82) is 0 Å². The summed E-state index contributed by atoms with van der Waals surface area (Å²) in [6, 6.07) is 0. The topological polar surface area (TPSA) is 39.1 Å². The number of nitrogens with zero attached hydrogens (tertiary/aromatic N) is 2. The standard InChI is InChI=1S/C14H23N3O/c1-10(9-18-2)8-17-13-5-6-15-7-12(13)16-14(17)11-3-4-11/h10-11,15H,3-9H2,1-2H3. The van der Waals surface area contributed by atoms with E-state index in [2.05, 4.69) is 16.8 Å². The highest BCUT2D eigenvalue weighted by Crippen LogP contribution is 2.40. The first kappa shape index (κ1) is 12.2. The molecule has 1 N–H and O–H groups in total. The third-order valence-electron chi connectivity index (χ3n) is 3.90. The minimum Gasteiger partial charge on any atom is -0.384 e. The van der Waals surface area contributed by atoms with Crippen LogP contribution in [-0.4, -0.2) is 29.8 Å². The minimum atomic E-state index is 0.556. The molecule has 4 nitrogen and oxygen atoms in total. The molecule has 0 saturated heterocycles. The highest BCUT2D eigenvalue weighted by molar-refractivity contribution is 5.24. The molecule has 1 unspecified atom stereocenters. The summed E-state index contributed by atoms with van der Waals surface area (Å²) in [6.45, 7) is 6.17. The molecule has 0 spiro atoms. The predicted octanol–water partition coefficient (Wildman–Crippen LogP) is 1.69. The number of rotatable bonds is 5. The summed E-state index contributed by atoms with van der Waals surface area (Å²) in [4.78, 5) is 4.89. The van der Waals surface area contributed by atoms with Crippen LogP contribution in [0.15, 0.2) is 0 Å². The third kappa shape index (κ3) is 2.31. The van der Waals surface area contributed by atoms with Crippen LogP contribution in [0.2, 0.25) is 0 Å². The Balaban J connectivity index is 1.87. The molecule has 1 fully saturated rings. The van der Waals surface area contributed by atoms with Gasteiger partial charge >= 0.3 is 0 Å². The van der Waals surface area contributed by atoms with Crippen LogP contribution in [0.1, 0.15) is 42.9 Å². The van der Waals surface area contributed by atoms with E-state index < -0.39 is 0 Å². The van der Waals surface area contributed by atoms with Gasteiger partial charge in [-0.1, -0.05) is 6.92 Å². The molecule has 1 aliphatic heterocycles. The number of hydrogen-bond acceptors (Lipinski definition) is 3. The first-order valence-corrected chi connectivity index (χ1v) is 7.07. The van der Waals surface area contributed by atoms with Gasteiger partial charge in [0.1, 0.15) is 5.82 Å². The van der Waals surface area contributed by atoms with Gasteiger partial charge in [-0.05, 0) is 18.8 Å². The van der Waals surface area contributed by atoms with Gasteiger partial charge in [0.25, 0.3) is 0 Å². The van der Waals surface area contributed by atoms with Crippen LogP contribution in [0.4, 0.5) is 0 Å². The first-order valence-electron chi connectivity index (χ1n) is 7.07. The largest absolute Gasteiger partial charge is 0.384 e. The summed E-state index contributed by atoms with van der Waals surface area (Å²) in [5, 5.41) is 3.42. The van der Waals surface area contributed by atoms with Crippen LogP contribution < -0.4 is 5.32 Å².